The van der Waals surface area contributed by atoms with Gasteiger partial charge in [-0.2, -0.15) is 5.10 Å². The van der Waals surface area contributed by atoms with Gasteiger partial charge in [0.15, 0.2) is 0 Å². The van der Waals surface area contributed by atoms with Gasteiger partial charge in [0.05, 0.1) is 15.9 Å². The summed E-state index contributed by atoms with van der Waals surface area (Å²) in [5.74, 6) is 1.01. The van der Waals surface area contributed by atoms with Crippen molar-refractivity contribution >= 4 is 23.3 Å². The zero-order valence-corrected chi connectivity index (χ0v) is 12.6. The van der Waals surface area contributed by atoms with Gasteiger partial charge < -0.3 is 0 Å². The Morgan fingerprint density at radius 2 is 2.13 bits per heavy atom. The molecular weight excluding hydrogens is 300 g/mol. The van der Waals surface area contributed by atoms with Gasteiger partial charge in [-0.1, -0.05) is 6.08 Å². The molecule has 1 aliphatic carbocycles. The number of rotatable bonds is 9. The Balaban J connectivity index is 1.93. The zero-order valence-electron chi connectivity index (χ0n) is 12.6. The van der Waals surface area contributed by atoms with E-state index in [4.69, 9.17) is 0 Å². The van der Waals surface area contributed by atoms with Crippen LogP contribution >= 0.6 is 0 Å². The minimum atomic E-state index is -0.669. The van der Waals surface area contributed by atoms with Crippen LogP contribution in [0.5, 0.6) is 0 Å². The second kappa shape index (κ2) is 7.48. The van der Waals surface area contributed by atoms with Crippen LogP contribution in [0.3, 0.4) is 0 Å². The lowest BCUT2D eigenvalue weighted by atomic mass is 10.1. The normalized spacial score (nSPS) is 19.5. The predicted octanol–water partition coefficient (Wildman–Crippen LogP) is 3.89. The molecule has 8 nitrogen and oxygen atoms in total. The van der Waals surface area contributed by atoms with E-state index < -0.39 is 9.85 Å². The van der Waals surface area contributed by atoms with Gasteiger partial charge in [0.2, 0.25) is 0 Å². The Kier molecular flexibility index (Phi) is 5.40. The second-order valence-corrected chi connectivity index (χ2v) is 5.48. The maximum Gasteiger partial charge on any atom is 0.301 e. The Morgan fingerprint density at radius 3 is 2.78 bits per heavy atom. The molecule has 122 valence electrons. The summed E-state index contributed by atoms with van der Waals surface area (Å²) >= 11 is 0. The number of non-ortho nitro benzene ring substituents is 1. The number of hydrazone groups is 1. The molecule has 1 aliphatic rings. The van der Waals surface area contributed by atoms with Crippen LogP contribution in [0.25, 0.3) is 0 Å². The molecule has 1 aromatic rings. The summed E-state index contributed by atoms with van der Waals surface area (Å²) in [4.78, 5) is 20.3. The maximum absolute atomic E-state index is 11.0. The number of nitrogens with zero attached hydrogens (tertiary/aromatic N) is 3. The molecule has 1 fully saturated rings. The molecular formula is C15H18N4O4. The first-order chi connectivity index (χ1) is 11.0. The molecule has 0 radical (unpaired) electrons. The fourth-order valence-corrected chi connectivity index (χ4v) is 2.39. The number of anilines is 1. The van der Waals surface area contributed by atoms with Gasteiger partial charge >= 0.3 is 5.69 Å². The van der Waals surface area contributed by atoms with Crippen LogP contribution in [0.1, 0.15) is 25.7 Å². The highest BCUT2D eigenvalue weighted by molar-refractivity contribution is 5.69. The third kappa shape index (κ3) is 4.60. The van der Waals surface area contributed by atoms with Crippen molar-refractivity contribution < 1.29 is 9.85 Å². The van der Waals surface area contributed by atoms with E-state index in [1.54, 1.807) is 6.21 Å². The van der Waals surface area contributed by atoms with Crippen molar-refractivity contribution in [3.05, 3.63) is 51.1 Å². The molecule has 1 aromatic carbocycles. The average Bonchev–Trinajstić information content (AvgIpc) is 3.25. The Labute approximate surface area is 133 Å². The summed E-state index contributed by atoms with van der Waals surface area (Å²) in [6, 6.07) is 3.43. The first-order valence-corrected chi connectivity index (χ1v) is 7.36. The van der Waals surface area contributed by atoms with Gasteiger partial charge in [0, 0.05) is 12.3 Å². The lowest BCUT2D eigenvalue weighted by Crippen LogP contribution is -1.99. The Hall–Kier alpha value is -2.77. The van der Waals surface area contributed by atoms with E-state index >= 15 is 0 Å². The molecule has 0 amide bonds. The van der Waals surface area contributed by atoms with Crippen LogP contribution in [-0.4, -0.2) is 16.1 Å². The van der Waals surface area contributed by atoms with Crippen LogP contribution in [-0.2, 0) is 0 Å². The minimum Gasteiger partial charge on any atom is -0.272 e. The average molecular weight is 318 g/mol. The number of unbranched alkanes of at least 4 members (excludes halogenated alkanes) is 1. The summed E-state index contributed by atoms with van der Waals surface area (Å²) < 4.78 is 0. The summed E-state index contributed by atoms with van der Waals surface area (Å²) in [6.45, 7) is 3.69. The van der Waals surface area contributed by atoms with Crippen molar-refractivity contribution in [1.29, 1.82) is 0 Å². The van der Waals surface area contributed by atoms with Crippen molar-refractivity contribution in [2.24, 2.45) is 16.9 Å². The largest absolute Gasteiger partial charge is 0.301 e. The van der Waals surface area contributed by atoms with Crippen LogP contribution in [0.4, 0.5) is 17.1 Å². The summed E-state index contributed by atoms with van der Waals surface area (Å²) in [6.07, 6.45) is 7.98. The molecule has 0 spiro atoms. The highest BCUT2D eigenvalue weighted by atomic mass is 16.6. The third-order valence-electron chi connectivity index (χ3n) is 3.80. The van der Waals surface area contributed by atoms with Crippen molar-refractivity contribution in [3.8, 4) is 0 Å². The lowest BCUT2D eigenvalue weighted by Gasteiger charge is -2.01. The summed E-state index contributed by atoms with van der Waals surface area (Å²) in [7, 11) is 0. The minimum absolute atomic E-state index is 0.140. The van der Waals surface area contributed by atoms with E-state index in [9.17, 15) is 20.2 Å². The van der Waals surface area contributed by atoms with Gasteiger partial charge in [-0.15, -0.1) is 6.58 Å². The van der Waals surface area contributed by atoms with Gasteiger partial charge in [0.1, 0.15) is 5.69 Å². The van der Waals surface area contributed by atoms with Crippen molar-refractivity contribution in [2.75, 3.05) is 5.43 Å². The lowest BCUT2D eigenvalue weighted by molar-refractivity contribution is -0.393. The third-order valence-corrected chi connectivity index (χ3v) is 3.80. The second-order valence-electron chi connectivity index (χ2n) is 5.48. The number of allylic oxidation sites excluding steroid dienone is 1. The van der Waals surface area contributed by atoms with E-state index in [0.29, 0.717) is 11.8 Å². The molecule has 23 heavy (non-hydrogen) atoms. The number of benzene rings is 1. The first-order valence-electron chi connectivity index (χ1n) is 7.36. The molecule has 0 aromatic heterocycles. The molecule has 1 saturated carbocycles. The molecule has 0 unspecified atom stereocenters. The highest BCUT2D eigenvalue weighted by Gasteiger charge is 2.34. The van der Waals surface area contributed by atoms with E-state index in [1.165, 1.54) is 12.1 Å². The smallest absolute Gasteiger partial charge is 0.272 e. The van der Waals surface area contributed by atoms with Crippen LogP contribution in [0.2, 0.25) is 0 Å². The van der Waals surface area contributed by atoms with Crippen molar-refractivity contribution in [3.63, 3.8) is 0 Å². The quantitative estimate of drug-likeness (QED) is 0.244. The summed E-state index contributed by atoms with van der Waals surface area (Å²) in [5, 5.41) is 25.7. The van der Waals surface area contributed by atoms with Gasteiger partial charge in [0.25, 0.3) is 5.69 Å². The molecule has 2 rings (SSSR count). The monoisotopic (exact) mass is 318 g/mol. The first kappa shape index (κ1) is 16.6. The van der Waals surface area contributed by atoms with E-state index in [1.807, 2.05) is 6.08 Å². The molecule has 0 saturated heterocycles. The van der Waals surface area contributed by atoms with Crippen molar-refractivity contribution in [1.82, 2.24) is 0 Å². The van der Waals surface area contributed by atoms with Gasteiger partial charge in [-0.25, -0.2) is 0 Å². The number of nitro groups is 2. The molecule has 1 N–H and O–H groups in total. The number of hydrogen-bond acceptors (Lipinski definition) is 6. The SMILES string of the molecule is C=CCCC[C@@H]1C[C@@H]1/C=N\Nc1ccc([N+](=O)[O-])cc1[N+](=O)[O-]. The molecule has 0 heterocycles. The molecule has 2 atom stereocenters. The van der Waals surface area contributed by atoms with Crippen LogP contribution in [0.15, 0.2) is 36.0 Å². The maximum atomic E-state index is 11.0. The Morgan fingerprint density at radius 1 is 1.35 bits per heavy atom. The highest BCUT2D eigenvalue weighted by Crippen LogP contribution is 2.41. The summed E-state index contributed by atoms with van der Waals surface area (Å²) in [5.41, 5.74) is 2.06. The van der Waals surface area contributed by atoms with E-state index in [-0.39, 0.29) is 17.1 Å². The molecule has 0 aliphatic heterocycles. The molecule has 0 bridgehead atoms. The molecule has 8 heteroatoms. The number of nitrogens with one attached hydrogen (secondary N) is 1. The predicted molar refractivity (Wildman–Crippen MR) is 87.5 cm³/mol. The zero-order chi connectivity index (χ0) is 16.8. The van der Waals surface area contributed by atoms with Crippen molar-refractivity contribution in [2.45, 2.75) is 25.7 Å². The van der Waals surface area contributed by atoms with Gasteiger partial charge in [-0.05, 0) is 43.6 Å². The number of hydrogen-bond donors (Lipinski definition) is 1. The van der Waals surface area contributed by atoms with Gasteiger partial charge in [-0.3, -0.25) is 25.7 Å². The van der Waals surface area contributed by atoms with Crippen LogP contribution in [0, 0.1) is 32.1 Å². The fourth-order valence-electron chi connectivity index (χ4n) is 2.39. The topological polar surface area (TPSA) is 111 Å². The fraction of sp³-hybridized carbons (Fsp3) is 0.400. The van der Waals surface area contributed by atoms with E-state index in [0.717, 1.165) is 31.7 Å². The number of nitro benzene ring substituents is 2. The Bertz CT molecular complexity index is 644. The van der Waals surface area contributed by atoms with Crippen LogP contribution < -0.4 is 5.43 Å². The van der Waals surface area contributed by atoms with E-state index in [2.05, 4.69) is 17.1 Å². The standard InChI is InChI=1S/C15H18N4O4/c1-2-3-4-5-11-8-12(11)10-16-17-14-7-6-13(18(20)21)9-15(14)19(22)23/h2,6-7,9-12,17H,1,3-5,8H2/b16-10-/t11-,12-/m1/s1.